The molecule has 1 nitrogen and oxygen atoms in total. The van der Waals surface area contributed by atoms with Gasteiger partial charge < -0.3 is 4.79 Å². The number of hydrogen-bond acceptors (Lipinski definition) is 1. The van der Waals surface area contributed by atoms with Crippen LogP contribution in [0.2, 0.25) is 0 Å². The topological polar surface area (TPSA) is 17.1 Å². The zero-order valence-corrected chi connectivity index (χ0v) is 10.0. The van der Waals surface area contributed by atoms with Crippen molar-refractivity contribution < 1.29 is 18.0 Å². The summed E-state index contributed by atoms with van der Waals surface area (Å²) in [5.41, 5.74) is 0.467. The molecule has 1 aromatic carbocycles. The van der Waals surface area contributed by atoms with Gasteiger partial charge in [0.2, 0.25) is 0 Å². The minimum Gasteiger partial charge on any atom is -0.303 e. The Hall–Kier alpha value is -0.590. The Morgan fingerprint density at radius 3 is 2.47 bits per heavy atom. The smallest absolute Gasteiger partial charge is 0.303 e. The van der Waals surface area contributed by atoms with E-state index in [-0.39, 0.29) is 6.42 Å². The molecule has 82 valence electrons. The Morgan fingerprint density at radius 1 is 1.40 bits per heavy atom. The van der Waals surface area contributed by atoms with E-state index in [0.29, 0.717) is 15.4 Å². The zero-order chi connectivity index (χ0) is 11.6. The molecule has 0 saturated carbocycles. The van der Waals surface area contributed by atoms with E-state index in [0.717, 1.165) is 17.7 Å². The van der Waals surface area contributed by atoms with Gasteiger partial charge in [0.15, 0.2) is 0 Å². The summed E-state index contributed by atoms with van der Waals surface area (Å²) in [5.74, 6) is 0. The molecule has 1 aromatic rings. The fourth-order valence-electron chi connectivity index (χ4n) is 1.20. The molecular formula is C10H8F3IO. The fourth-order valence-corrected chi connectivity index (χ4v) is 1.88. The summed E-state index contributed by atoms with van der Waals surface area (Å²) in [5, 5.41) is 0. The lowest BCUT2D eigenvalue weighted by Gasteiger charge is -2.11. The van der Waals surface area contributed by atoms with E-state index in [9.17, 15) is 18.0 Å². The highest BCUT2D eigenvalue weighted by atomic mass is 127. The lowest BCUT2D eigenvalue weighted by Crippen LogP contribution is -2.07. The zero-order valence-electron chi connectivity index (χ0n) is 7.86. The van der Waals surface area contributed by atoms with E-state index in [1.54, 1.807) is 6.92 Å². The highest BCUT2D eigenvalue weighted by Crippen LogP contribution is 2.32. The average Bonchev–Trinajstić information content (AvgIpc) is 2.11. The Balaban J connectivity index is 3.29. The van der Waals surface area contributed by atoms with Crippen LogP contribution < -0.4 is 0 Å². The van der Waals surface area contributed by atoms with Gasteiger partial charge in [0.25, 0.3) is 0 Å². The van der Waals surface area contributed by atoms with Crippen molar-refractivity contribution in [2.24, 2.45) is 0 Å². The number of alkyl halides is 3. The maximum atomic E-state index is 12.4. The molecule has 0 bridgehead atoms. The summed E-state index contributed by atoms with van der Waals surface area (Å²) in [6, 6.07) is 2.12. The highest BCUT2D eigenvalue weighted by Gasteiger charge is 2.31. The summed E-state index contributed by atoms with van der Waals surface area (Å²) in [7, 11) is 0. The Bertz CT molecular complexity index is 385. The third-order valence-corrected chi connectivity index (χ3v) is 3.20. The molecule has 1 rings (SSSR count). The predicted octanol–water partition coefficient (Wildman–Crippen LogP) is 3.36. The van der Waals surface area contributed by atoms with Crippen LogP contribution in [-0.2, 0) is 17.4 Å². The second-order valence-corrected chi connectivity index (χ2v) is 4.27. The van der Waals surface area contributed by atoms with Gasteiger partial charge in [-0.25, -0.2) is 0 Å². The van der Waals surface area contributed by atoms with Crippen molar-refractivity contribution in [3.05, 3.63) is 32.4 Å². The van der Waals surface area contributed by atoms with Crippen molar-refractivity contribution in [1.82, 2.24) is 0 Å². The van der Waals surface area contributed by atoms with E-state index in [4.69, 9.17) is 0 Å². The van der Waals surface area contributed by atoms with Crippen molar-refractivity contribution in [2.45, 2.75) is 19.5 Å². The number of aldehydes is 1. The third-order valence-electron chi connectivity index (χ3n) is 2.08. The van der Waals surface area contributed by atoms with Crippen LogP contribution >= 0.6 is 22.6 Å². The van der Waals surface area contributed by atoms with Crippen molar-refractivity contribution >= 4 is 28.9 Å². The van der Waals surface area contributed by atoms with Gasteiger partial charge in [-0.15, -0.1) is 0 Å². The van der Waals surface area contributed by atoms with Crippen LogP contribution in [-0.4, -0.2) is 6.29 Å². The molecule has 0 saturated heterocycles. The Morgan fingerprint density at radius 2 is 2.00 bits per heavy atom. The standard InChI is InChI=1S/C10H8F3IO/c1-6-7(2-3-15)4-8(5-9(6)14)10(11,12)13/h3-5H,2H2,1H3. The molecule has 0 aliphatic heterocycles. The number of halogens is 4. The molecule has 0 radical (unpaired) electrons. The molecule has 0 heterocycles. The molecule has 0 aromatic heterocycles. The number of benzene rings is 1. The van der Waals surface area contributed by atoms with Crippen molar-refractivity contribution in [1.29, 1.82) is 0 Å². The number of carbonyl (C=O) groups is 1. The first-order valence-corrected chi connectivity index (χ1v) is 5.24. The van der Waals surface area contributed by atoms with Gasteiger partial charge in [0, 0.05) is 9.99 Å². The second-order valence-electron chi connectivity index (χ2n) is 3.11. The first kappa shape index (κ1) is 12.5. The van der Waals surface area contributed by atoms with Crippen LogP contribution in [0.3, 0.4) is 0 Å². The maximum absolute atomic E-state index is 12.4. The van der Waals surface area contributed by atoms with Crippen LogP contribution in [0.5, 0.6) is 0 Å². The first-order chi connectivity index (χ1) is 6.86. The molecule has 0 spiro atoms. The molecule has 0 amide bonds. The summed E-state index contributed by atoms with van der Waals surface area (Å²) >= 11 is 1.84. The average molecular weight is 328 g/mol. The lowest BCUT2D eigenvalue weighted by molar-refractivity contribution is -0.137. The quantitative estimate of drug-likeness (QED) is 0.601. The van der Waals surface area contributed by atoms with E-state index in [1.807, 2.05) is 22.6 Å². The van der Waals surface area contributed by atoms with E-state index in [2.05, 4.69) is 0 Å². The molecule has 0 aliphatic carbocycles. The monoisotopic (exact) mass is 328 g/mol. The summed E-state index contributed by atoms with van der Waals surface area (Å²) in [6.45, 7) is 1.71. The van der Waals surface area contributed by atoms with Gasteiger partial charge in [-0.1, -0.05) is 0 Å². The van der Waals surface area contributed by atoms with E-state index < -0.39 is 11.7 Å². The van der Waals surface area contributed by atoms with Gasteiger partial charge in [0.1, 0.15) is 6.29 Å². The largest absolute Gasteiger partial charge is 0.416 e. The van der Waals surface area contributed by atoms with Crippen LogP contribution in [0.15, 0.2) is 12.1 Å². The molecule has 0 unspecified atom stereocenters. The molecule has 5 heteroatoms. The summed E-state index contributed by atoms with van der Waals surface area (Å²) < 4.78 is 37.8. The SMILES string of the molecule is Cc1c(I)cc(C(F)(F)F)cc1CC=O. The number of carbonyl (C=O) groups excluding carboxylic acids is 1. The van der Waals surface area contributed by atoms with Gasteiger partial charge in [-0.2, -0.15) is 13.2 Å². The maximum Gasteiger partial charge on any atom is 0.416 e. The summed E-state index contributed by atoms with van der Waals surface area (Å²) in [4.78, 5) is 10.3. The minimum atomic E-state index is -4.36. The van der Waals surface area contributed by atoms with E-state index in [1.165, 1.54) is 0 Å². The molecule has 0 fully saturated rings. The van der Waals surface area contributed by atoms with Gasteiger partial charge in [-0.05, 0) is 52.8 Å². The molecule has 0 atom stereocenters. The normalized spacial score (nSPS) is 11.5. The number of hydrogen-bond donors (Lipinski definition) is 0. The predicted molar refractivity (Wildman–Crippen MR) is 58.7 cm³/mol. The lowest BCUT2D eigenvalue weighted by atomic mass is 10.0. The van der Waals surface area contributed by atoms with Crippen molar-refractivity contribution in [3.63, 3.8) is 0 Å². The number of rotatable bonds is 2. The van der Waals surface area contributed by atoms with Crippen LogP contribution in [0.4, 0.5) is 13.2 Å². The third kappa shape index (κ3) is 2.93. The van der Waals surface area contributed by atoms with Gasteiger partial charge >= 0.3 is 6.18 Å². The van der Waals surface area contributed by atoms with Crippen LogP contribution in [0.25, 0.3) is 0 Å². The highest BCUT2D eigenvalue weighted by molar-refractivity contribution is 14.1. The molecule has 0 N–H and O–H groups in total. The first-order valence-electron chi connectivity index (χ1n) is 4.16. The molecule has 0 aliphatic rings. The minimum absolute atomic E-state index is 0.0196. The second kappa shape index (κ2) is 4.51. The van der Waals surface area contributed by atoms with Gasteiger partial charge in [0.05, 0.1) is 5.56 Å². The van der Waals surface area contributed by atoms with Crippen molar-refractivity contribution in [2.75, 3.05) is 0 Å². The van der Waals surface area contributed by atoms with E-state index >= 15 is 0 Å². The van der Waals surface area contributed by atoms with Crippen LogP contribution in [0.1, 0.15) is 16.7 Å². The summed E-state index contributed by atoms with van der Waals surface area (Å²) in [6.07, 6.45) is -3.73. The van der Waals surface area contributed by atoms with Crippen molar-refractivity contribution in [3.8, 4) is 0 Å². The van der Waals surface area contributed by atoms with Crippen LogP contribution in [0, 0.1) is 10.5 Å². The molecule has 15 heavy (non-hydrogen) atoms. The van der Waals surface area contributed by atoms with Gasteiger partial charge in [-0.3, -0.25) is 0 Å². The molecular weight excluding hydrogens is 320 g/mol. The Labute approximate surface area is 98.8 Å². The Kier molecular flexibility index (Phi) is 3.75. The fraction of sp³-hybridized carbons (Fsp3) is 0.300.